The molecule has 1 atom stereocenters. The van der Waals surface area contributed by atoms with Crippen molar-refractivity contribution in [2.24, 2.45) is 0 Å². The van der Waals surface area contributed by atoms with E-state index in [9.17, 15) is 4.79 Å². The molecular weight excluding hydrogens is 224 g/mol. The number of thiophene rings is 1. The Balaban J connectivity index is 2.35. The quantitative estimate of drug-likeness (QED) is 0.770. The van der Waals surface area contributed by atoms with Gasteiger partial charge in [-0.25, -0.2) is 4.79 Å². The number of rotatable bonds is 2. The second-order valence-corrected chi connectivity index (χ2v) is 5.09. The minimum absolute atomic E-state index is 0.297. The summed E-state index contributed by atoms with van der Waals surface area (Å²) in [6.45, 7) is 5.02. The molecule has 3 N–H and O–H groups in total. The fourth-order valence-corrected chi connectivity index (χ4v) is 3.14. The number of hydrogen-bond donors (Lipinski definition) is 2. The molecule has 0 unspecified atom stereocenters. The Morgan fingerprint density at radius 3 is 3.12 bits per heavy atom. The van der Waals surface area contributed by atoms with Crippen LogP contribution >= 0.6 is 11.3 Å². The summed E-state index contributed by atoms with van der Waals surface area (Å²) in [5.41, 5.74) is 7.49. The van der Waals surface area contributed by atoms with Crippen LogP contribution in [0.5, 0.6) is 0 Å². The van der Waals surface area contributed by atoms with Crippen molar-refractivity contribution in [1.82, 2.24) is 5.32 Å². The Kier molecular flexibility index (Phi) is 3.16. The van der Waals surface area contributed by atoms with Gasteiger partial charge in [-0.05, 0) is 25.8 Å². The lowest BCUT2D eigenvalue weighted by Crippen LogP contribution is -2.32. The van der Waals surface area contributed by atoms with Gasteiger partial charge in [0.2, 0.25) is 0 Å². The first-order valence-corrected chi connectivity index (χ1v) is 6.25. The predicted octanol–water partition coefficient (Wildman–Crippen LogP) is 1.54. The molecule has 1 aromatic heterocycles. The molecule has 0 radical (unpaired) electrons. The lowest BCUT2D eigenvalue weighted by Gasteiger charge is -2.20. The highest BCUT2D eigenvalue weighted by Crippen LogP contribution is 2.34. The van der Waals surface area contributed by atoms with E-state index in [4.69, 9.17) is 10.5 Å². The van der Waals surface area contributed by atoms with Crippen molar-refractivity contribution in [3.63, 3.8) is 0 Å². The third-order valence-electron chi connectivity index (χ3n) is 2.72. The van der Waals surface area contributed by atoms with Crippen LogP contribution in [0.3, 0.4) is 0 Å². The first kappa shape index (κ1) is 11.4. The lowest BCUT2D eigenvalue weighted by molar-refractivity contribution is 0.0526. The van der Waals surface area contributed by atoms with Gasteiger partial charge in [-0.15, -0.1) is 11.3 Å². The van der Waals surface area contributed by atoms with E-state index in [1.807, 2.05) is 0 Å². The number of fused-ring (bicyclic) bond motifs is 1. The number of carbonyl (C=O) groups excluding carboxylic acids is 1. The molecule has 88 valence electrons. The van der Waals surface area contributed by atoms with Crippen molar-refractivity contribution in [2.75, 3.05) is 12.3 Å². The van der Waals surface area contributed by atoms with Crippen LogP contribution in [0.1, 0.15) is 34.6 Å². The van der Waals surface area contributed by atoms with Gasteiger partial charge >= 0.3 is 5.97 Å². The molecule has 4 nitrogen and oxygen atoms in total. The molecule has 2 rings (SSSR count). The van der Waals surface area contributed by atoms with Gasteiger partial charge < -0.3 is 15.8 Å². The molecule has 0 saturated heterocycles. The summed E-state index contributed by atoms with van der Waals surface area (Å²) >= 11 is 1.51. The summed E-state index contributed by atoms with van der Waals surface area (Å²) < 4.78 is 5.02. The van der Waals surface area contributed by atoms with Crippen molar-refractivity contribution in [1.29, 1.82) is 0 Å². The SMILES string of the molecule is CCOC(=O)c1c(N)sc2c1CN[C@H](C)C2. The minimum atomic E-state index is -0.297. The topological polar surface area (TPSA) is 64.3 Å². The van der Waals surface area contributed by atoms with Gasteiger partial charge in [0.05, 0.1) is 12.2 Å². The second kappa shape index (κ2) is 4.43. The molecule has 1 aliphatic heterocycles. The molecule has 16 heavy (non-hydrogen) atoms. The Morgan fingerprint density at radius 1 is 1.69 bits per heavy atom. The van der Waals surface area contributed by atoms with E-state index in [0.717, 1.165) is 12.0 Å². The molecule has 2 heterocycles. The van der Waals surface area contributed by atoms with Gasteiger partial charge in [0.1, 0.15) is 5.00 Å². The zero-order valence-corrected chi connectivity index (χ0v) is 10.3. The average Bonchev–Trinajstić information content (AvgIpc) is 2.53. The normalized spacial score (nSPS) is 19.2. The van der Waals surface area contributed by atoms with Crippen molar-refractivity contribution < 1.29 is 9.53 Å². The second-order valence-electron chi connectivity index (χ2n) is 3.95. The van der Waals surface area contributed by atoms with E-state index in [2.05, 4.69) is 12.2 Å². The third-order valence-corrected chi connectivity index (χ3v) is 3.80. The smallest absolute Gasteiger partial charge is 0.341 e. The van der Waals surface area contributed by atoms with Crippen LogP contribution in [0, 0.1) is 0 Å². The Labute approximate surface area is 98.8 Å². The first-order chi connectivity index (χ1) is 7.63. The highest BCUT2D eigenvalue weighted by atomic mass is 32.1. The Morgan fingerprint density at radius 2 is 2.44 bits per heavy atom. The molecule has 0 bridgehead atoms. The monoisotopic (exact) mass is 240 g/mol. The summed E-state index contributed by atoms with van der Waals surface area (Å²) in [4.78, 5) is 13.0. The standard InChI is InChI=1S/C11H16N2O2S/c1-3-15-11(14)9-7-5-13-6(2)4-8(7)16-10(9)12/h6,13H,3-5,12H2,1-2H3/t6-/m1/s1. The molecule has 0 aromatic carbocycles. The van der Waals surface area contributed by atoms with Crippen molar-refractivity contribution in [2.45, 2.75) is 32.9 Å². The number of hydrogen-bond acceptors (Lipinski definition) is 5. The highest BCUT2D eigenvalue weighted by Gasteiger charge is 2.26. The van der Waals surface area contributed by atoms with E-state index in [1.54, 1.807) is 6.92 Å². The summed E-state index contributed by atoms with van der Waals surface area (Å²) in [5, 5.41) is 3.91. The highest BCUT2D eigenvalue weighted by molar-refractivity contribution is 7.16. The van der Waals surface area contributed by atoms with Crippen LogP contribution in [0.4, 0.5) is 5.00 Å². The van der Waals surface area contributed by atoms with Crippen molar-refractivity contribution in [3.8, 4) is 0 Å². The fourth-order valence-electron chi connectivity index (χ4n) is 1.94. The number of nitrogens with two attached hydrogens (primary N) is 1. The maximum absolute atomic E-state index is 11.8. The van der Waals surface area contributed by atoms with Crippen molar-refractivity contribution >= 4 is 22.3 Å². The average molecular weight is 240 g/mol. The maximum Gasteiger partial charge on any atom is 0.341 e. The number of nitrogen functional groups attached to an aromatic ring is 1. The first-order valence-electron chi connectivity index (χ1n) is 5.44. The molecule has 1 aromatic rings. The van der Waals surface area contributed by atoms with Gasteiger partial charge in [-0.3, -0.25) is 0 Å². The number of nitrogens with one attached hydrogen (secondary N) is 1. The molecular formula is C11H16N2O2S. The molecule has 0 amide bonds. The van der Waals surface area contributed by atoms with Crippen LogP contribution in [-0.4, -0.2) is 18.6 Å². The van der Waals surface area contributed by atoms with Crippen LogP contribution in [0.15, 0.2) is 0 Å². The number of carbonyl (C=O) groups is 1. The predicted molar refractivity (Wildman–Crippen MR) is 64.7 cm³/mol. The van der Waals surface area contributed by atoms with Crippen LogP contribution in [0.2, 0.25) is 0 Å². The zero-order chi connectivity index (χ0) is 11.7. The van der Waals surface area contributed by atoms with Crippen LogP contribution < -0.4 is 11.1 Å². The molecule has 0 aliphatic carbocycles. The van der Waals surface area contributed by atoms with Crippen LogP contribution in [0.25, 0.3) is 0 Å². The molecule has 0 spiro atoms. The molecule has 0 fully saturated rings. The number of ether oxygens (including phenoxy) is 1. The van der Waals surface area contributed by atoms with Crippen LogP contribution in [-0.2, 0) is 17.7 Å². The number of anilines is 1. The Hall–Kier alpha value is -1.07. The number of esters is 1. The van der Waals surface area contributed by atoms with E-state index in [0.29, 0.717) is 29.8 Å². The van der Waals surface area contributed by atoms with Gasteiger partial charge in [-0.2, -0.15) is 0 Å². The minimum Gasteiger partial charge on any atom is -0.462 e. The fraction of sp³-hybridized carbons (Fsp3) is 0.545. The van der Waals surface area contributed by atoms with E-state index < -0.39 is 0 Å². The van der Waals surface area contributed by atoms with Gasteiger partial charge in [0, 0.05) is 17.5 Å². The lowest BCUT2D eigenvalue weighted by atomic mass is 10.0. The van der Waals surface area contributed by atoms with Gasteiger partial charge in [0.25, 0.3) is 0 Å². The summed E-state index contributed by atoms with van der Waals surface area (Å²) in [7, 11) is 0. The zero-order valence-electron chi connectivity index (χ0n) is 9.50. The third kappa shape index (κ3) is 1.92. The maximum atomic E-state index is 11.8. The van der Waals surface area contributed by atoms with E-state index in [-0.39, 0.29) is 5.97 Å². The van der Waals surface area contributed by atoms with E-state index >= 15 is 0 Å². The van der Waals surface area contributed by atoms with Gasteiger partial charge in [-0.1, -0.05) is 0 Å². The molecule has 1 aliphatic rings. The molecule has 5 heteroatoms. The summed E-state index contributed by atoms with van der Waals surface area (Å²) in [6.07, 6.45) is 0.934. The molecule has 0 saturated carbocycles. The van der Waals surface area contributed by atoms with Gasteiger partial charge in [0.15, 0.2) is 0 Å². The largest absolute Gasteiger partial charge is 0.462 e. The summed E-state index contributed by atoms with van der Waals surface area (Å²) in [6, 6.07) is 0.445. The summed E-state index contributed by atoms with van der Waals surface area (Å²) in [5.74, 6) is -0.297. The van der Waals surface area contributed by atoms with Crippen molar-refractivity contribution in [3.05, 3.63) is 16.0 Å². The Bertz CT molecular complexity index is 414. The van der Waals surface area contributed by atoms with E-state index in [1.165, 1.54) is 16.2 Å².